The molecule has 10 nitrogen and oxygen atoms in total. The van der Waals surface area contributed by atoms with Crippen LogP contribution in [-0.2, 0) is 6.54 Å². The fourth-order valence-electron chi connectivity index (χ4n) is 6.50. The van der Waals surface area contributed by atoms with Crippen LogP contribution in [0.15, 0.2) is 71.1 Å². The van der Waals surface area contributed by atoms with Gasteiger partial charge in [-0.05, 0) is 67.9 Å². The number of nitrogens with one attached hydrogen (secondary N) is 2. The second-order valence-corrected chi connectivity index (χ2v) is 12.4. The monoisotopic (exact) mass is 643 g/mol. The van der Waals surface area contributed by atoms with E-state index in [4.69, 9.17) is 25.9 Å². The summed E-state index contributed by atoms with van der Waals surface area (Å²) in [7, 11) is 0. The molecule has 2 aromatic heterocycles. The van der Waals surface area contributed by atoms with Gasteiger partial charge in [0.25, 0.3) is 5.92 Å². The summed E-state index contributed by atoms with van der Waals surface area (Å²) < 4.78 is 48.1. The van der Waals surface area contributed by atoms with E-state index in [9.17, 15) is 13.2 Å². The Morgan fingerprint density at radius 2 is 1.91 bits per heavy atom. The Morgan fingerprint density at radius 1 is 1.06 bits per heavy atom. The number of aromatic nitrogens is 2. The maximum Gasteiger partial charge on any atom is 0.261 e. The lowest BCUT2D eigenvalue weighted by molar-refractivity contribution is 0.0115. The van der Waals surface area contributed by atoms with Crippen molar-refractivity contribution in [2.24, 2.45) is 9.98 Å². The minimum Gasteiger partial charge on any atom is -0.492 e. The summed E-state index contributed by atoms with van der Waals surface area (Å²) in [5.41, 5.74) is 9.96. The first-order valence-electron chi connectivity index (χ1n) is 15.9. The number of nitrogens with two attached hydrogens (primary N) is 1. The van der Waals surface area contributed by atoms with Crippen molar-refractivity contribution < 1.29 is 17.9 Å². The van der Waals surface area contributed by atoms with Gasteiger partial charge in [0.1, 0.15) is 41.5 Å². The lowest BCUT2D eigenvalue weighted by atomic mass is 9.96. The van der Waals surface area contributed by atoms with E-state index in [0.29, 0.717) is 53.7 Å². The number of alkyl halides is 2. The molecule has 2 saturated heterocycles. The number of fused-ring (bicyclic) bond motifs is 1. The zero-order valence-corrected chi connectivity index (χ0v) is 25.8. The van der Waals surface area contributed by atoms with Crippen LogP contribution in [0, 0.1) is 11.2 Å². The van der Waals surface area contributed by atoms with E-state index in [-0.39, 0.29) is 36.2 Å². The number of anilines is 1. The largest absolute Gasteiger partial charge is 0.492 e. The summed E-state index contributed by atoms with van der Waals surface area (Å²) >= 11 is 0. The molecule has 2 atom stereocenters. The minimum absolute atomic E-state index is 0.0000826. The average molecular weight is 644 g/mol. The van der Waals surface area contributed by atoms with Gasteiger partial charge in [0.05, 0.1) is 29.7 Å². The minimum atomic E-state index is -2.67. The van der Waals surface area contributed by atoms with Crippen LogP contribution in [0.25, 0.3) is 11.3 Å². The van der Waals surface area contributed by atoms with Crippen molar-refractivity contribution in [3.8, 4) is 17.0 Å². The Hall–Kier alpha value is -4.62. The van der Waals surface area contributed by atoms with Crippen LogP contribution in [0.4, 0.5) is 18.9 Å². The Balaban J connectivity index is 1.08. The van der Waals surface area contributed by atoms with Crippen molar-refractivity contribution in [3.63, 3.8) is 0 Å². The molecular weight excluding hydrogens is 607 g/mol. The highest BCUT2D eigenvalue weighted by atomic mass is 19.3. The Morgan fingerprint density at radius 3 is 2.72 bits per heavy atom. The first-order chi connectivity index (χ1) is 22.7. The van der Waals surface area contributed by atoms with E-state index in [0.717, 1.165) is 25.2 Å². The molecule has 2 unspecified atom stereocenters. The second-order valence-electron chi connectivity index (χ2n) is 12.4. The van der Waals surface area contributed by atoms with Gasteiger partial charge in [-0.2, -0.15) is 0 Å². The SMILES string of the molecule is N=C(C1=NC2C(c3cc(F)cc(OCCN4CCCC4)c3)=NC=CC2N1)c1nc(-c2cncc(CN3CCC(F)(F)C3)c2)ccc1N. The van der Waals surface area contributed by atoms with Crippen LogP contribution < -0.4 is 15.8 Å². The number of nitrogens with zero attached hydrogens (tertiary/aromatic N) is 6. The van der Waals surface area contributed by atoms with Crippen molar-refractivity contribution in [3.05, 3.63) is 83.7 Å². The van der Waals surface area contributed by atoms with Gasteiger partial charge < -0.3 is 15.8 Å². The normalized spacial score (nSPS) is 22.1. The van der Waals surface area contributed by atoms with Crippen LogP contribution in [0.3, 0.4) is 0 Å². The molecule has 0 spiro atoms. The zero-order valence-electron chi connectivity index (χ0n) is 25.8. The maximum absolute atomic E-state index is 14.8. The molecule has 4 N–H and O–H groups in total. The highest BCUT2D eigenvalue weighted by Crippen LogP contribution is 2.29. The molecule has 0 amide bonds. The van der Waals surface area contributed by atoms with Crippen molar-refractivity contribution in [1.82, 2.24) is 25.1 Å². The summed E-state index contributed by atoms with van der Waals surface area (Å²) in [6.07, 6.45) is 9.05. The predicted octanol–water partition coefficient (Wildman–Crippen LogP) is 4.30. The highest BCUT2D eigenvalue weighted by molar-refractivity contribution is 6.47. The number of amidine groups is 1. The van der Waals surface area contributed by atoms with Gasteiger partial charge in [-0.25, -0.2) is 18.2 Å². The number of pyridine rings is 2. The number of aliphatic imine (C=N–C) groups is 2. The predicted molar refractivity (Wildman–Crippen MR) is 175 cm³/mol. The highest BCUT2D eigenvalue weighted by Gasteiger charge is 2.38. The quantitative estimate of drug-likeness (QED) is 0.281. The molecule has 0 saturated carbocycles. The smallest absolute Gasteiger partial charge is 0.261 e. The van der Waals surface area contributed by atoms with Gasteiger partial charge in [0.2, 0.25) is 0 Å². The van der Waals surface area contributed by atoms with Crippen LogP contribution in [-0.4, -0.2) is 94.4 Å². The molecule has 47 heavy (non-hydrogen) atoms. The van der Waals surface area contributed by atoms with E-state index >= 15 is 0 Å². The number of ether oxygens (including phenoxy) is 1. The molecule has 1 aromatic carbocycles. The van der Waals surface area contributed by atoms with Gasteiger partial charge in [-0.3, -0.25) is 30.2 Å². The fraction of sp³-hybridized carbons (Fsp3) is 0.382. The molecular formula is C34H36F3N9O. The number of nitrogen functional groups attached to an aromatic ring is 1. The lowest BCUT2D eigenvalue weighted by Crippen LogP contribution is -2.40. The maximum atomic E-state index is 14.8. The molecule has 7 rings (SSSR count). The van der Waals surface area contributed by atoms with E-state index in [1.807, 2.05) is 12.1 Å². The zero-order chi connectivity index (χ0) is 32.5. The van der Waals surface area contributed by atoms with Crippen molar-refractivity contribution in [1.29, 1.82) is 5.41 Å². The van der Waals surface area contributed by atoms with Gasteiger partial charge in [0, 0.05) is 61.8 Å². The third-order valence-corrected chi connectivity index (χ3v) is 8.89. The van der Waals surface area contributed by atoms with Crippen molar-refractivity contribution in [2.75, 3.05) is 45.1 Å². The fourth-order valence-corrected chi connectivity index (χ4v) is 6.50. The Kier molecular flexibility index (Phi) is 8.50. The van der Waals surface area contributed by atoms with Gasteiger partial charge in [-0.1, -0.05) is 0 Å². The molecule has 0 aliphatic carbocycles. The molecule has 4 aliphatic heterocycles. The number of hydrogen-bond acceptors (Lipinski definition) is 10. The standard InChI is InChI=1S/C34H36F3N9O/c35-24-14-22(15-25(16-24)47-12-11-45-8-1-2-9-45)30-32-28(5-7-41-30)43-33(44-32)29(39)31-26(38)3-4-27(42-31)23-13-21(17-40-18-23)19-46-10-6-34(36,37)20-46/h3-5,7,13-18,28,32,39H,1-2,6,8-12,19-20,38H2,(H,43,44). The van der Waals surface area contributed by atoms with Gasteiger partial charge in [0.15, 0.2) is 0 Å². The topological polar surface area (TPSA) is 128 Å². The number of likely N-dealkylation sites (tertiary alicyclic amines) is 2. The van der Waals surface area contributed by atoms with E-state index in [1.54, 1.807) is 41.7 Å². The number of rotatable bonds is 10. The van der Waals surface area contributed by atoms with Gasteiger partial charge >= 0.3 is 0 Å². The Labute approximate surface area is 270 Å². The summed E-state index contributed by atoms with van der Waals surface area (Å²) in [6, 6.07) is 9.05. The molecule has 13 heteroatoms. The van der Waals surface area contributed by atoms with E-state index in [1.165, 1.54) is 25.0 Å². The second kappa shape index (κ2) is 12.9. The molecule has 0 radical (unpaired) electrons. The van der Waals surface area contributed by atoms with Crippen LogP contribution in [0.1, 0.15) is 36.1 Å². The molecule has 3 aromatic rings. The molecule has 2 fully saturated rings. The average Bonchev–Trinajstić information content (AvgIpc) is 3.81. The lowest BCUT2D eigenvalue weighted by Gasteiger charge is -2.21. The number of hydrogen-bond donors (Lipinski definition) is 3. The molecule has 4 aliphatic rings. The molecule has 6 heterocycles. The first-order valence-corrected chi connectivity index (χ1v) is 15.9. The molecule has 0 bridgehead atoms. The first kappa shape index (κ1) is 31.0. The summed E-state index contributed by atoms with van der Waals surface area (Å²) in [4.78, 5) is 22.4. The van der Waals surface area contributed by atoms with Crippen LogP contribution in [0.5, 0.6) is 5.75 Å². The van der Waals surface area contributed by atoms with Crippen molar-refractivity contribution >= 4 is 22.9 Å². The Bertz CT molecular complexity index is 1770. The number of benzene rings is 1. The summed E-state index contributed by atoms with van der Waals surface area (Å²) in [6.45, 7) is 3.79. The van der Waals surface area contributed by atoms with E-state index < -0.39 is 17.8 Å². The van der Waals surface area contributed by atoms with Crippen molar-refractivity contribution in [2.45, 2.75) is 43.8 Å². The summed E-state index contributed by atoms with van der Waals surface area (Å²) in [5.74, 6) is -2.38. The number of halogens is 3. The van der Waals surface area contributed by atoms with Crippen LogP contribution >= 0.6 is 0 Å². The van der Waals surface area contributed by atoms with E-state index in [2.05, 4.69) is 20.2 Å². The summed E-state index contributed by atoms with van der Waals surface area (Å²) in [5, 5.41) is 12.3. The van der Waals surface area contributed by atoms with Crippen LogP contribution in [0.2, 0.25) is 0 Å². The third kappa shape index (κ3) is 6.91. The molecule has 244 valence electrons. The van der Waals surface area contributed by atoms with Gasteiger partial charge in [-0.15, -0.1) is 0 Å². The third-order valence-electron chi connectivity index (χ3n) is 8.89.